The van der Waals surface area contributed by atoms with E-state index in [4.69, 9.17) is 0 Å². The molecule has 6 N–H and O–H groups in total. The Kier molecular flexibility index (Phi) is 5.83. The molecule has 0 aliphatic rings. The molecule has 0 radical (unpaired) electrons. The molecule has 0 saturated carbocycles. The monoisotopic (exact) mass is 386 g/mol. The van der Waals surface area contributed by atoms with Gasteiger partial charge in [0.15, 0.2) is 5.79 Å². The van der Waals surface area contributed by atoms with E-state index in [-0.39, 0.29) is 33.3 Å². The molecule has 7 nitrogen and oxygen atoms in total. The van der Waals surface area contributed by atoms with E-state index in [0.29, 0.717) is 12.0 Å². The van der Waals surface area contributed by atoms with E-state index in [9.17, 15) is 34.8 Å². The van der Waals surface area contributed by atoms with Crippen LogP contribution in [0.2, 0.25) is 0 Å². The smallest absolute Gasteiger partial charge is 0.388 e. The van der Waals surface area contributed by atoms with Gasteiger partial charge in [0.2, 0.25) is 0 Å². The second kappa shape index (κ2) is 7.37. The average Bonchev–Trinajstić information content (AvgIpc) is 2.47. The first-order chi connectivity index (χ1) is 11.5. The maximum atomic E-state index is 11.3. The standard InChI is InChI=1S/C16H19O7PS/c1-2-13(10-3-5-11(17)6-4-10)16(19,20)14-8-7-12(18)9-15(14)25-24(21,22)23/h3-9,13,17-20H,2H2,1H3,(H2,21,22,23). The summed E-state index contributed by atoms with van der Waals surface area (Å²) in [6.45, 7) is -2.84. The van der Waals surface area contributed by atoms with Crippen LogP contribution in [-0.2, 0) is 10.4 Å². The molecule has 0 heterocycles. The first kappa shape index (κ1) is 19.8. The SMILES string of the molecule is CCC(c1ccc(O)cc1)C(O)(O)c1ccc(O)cc1SP(=O)(O)O. The third kappa shape index (κ3) is 4.76. The minimum Gasteiger partial charge on any atom is -0.508 e. The summed E-state index contributed by atoms with van der Waals surface area (Å²) in [7, 11) is 0. The van der Waals surface area contributed by atoms with Gasteiger partial charge in [0.05, 0.1) is 0 Å². The van der Waals surface area contributed by atoms with Gasteiger partial charge in [-0.25, -0.2) is 4.57 Å². The van der Waals surface area contributed by atoms with Gasteiger partial charge >= 0.3 is 6.80 Å². The number of phenolic OH excluding ortho intramolecular Hbond substituents is 2. The van der Waals surface area contributed by atoms with Gasteiger partial charge < -0.3 is 30.2 Å². The summed E-state index contributed by atoms with van der Waals surface area (Å²) in [6.07, 6.45) is 0.304. The van der Waals surface area contributed by atoms with E-state index in [1.807, 2.05) is 0 Å². The summed E-state index contributed by atoms with van der Waals surface area (Å²) < 4.78 is 11.3. The molecule has 1 unspecified atom stereocenters. The molecule has 0 fully saturated rings. The molecule has 2 aromatic rings. The fraction of sp³-hybridized carbons (Fsp3) is 0.250. The number of phenols is 2. The third-order valence-electron chi connectivity index (χ3n) is 3.77. The molecule has 1 atom stereocenters. The van der Waals surface area contributed by atoms with Crippen molar-refractivity contribution in [2.45, 2.75) is 29.9 Å². The van der Waals surface area contributed by atoms with Crippen LogP contribution >= 0.6 is 18.2 Å². The van der Waals surface area contributed by atoms with Gasteiger partial charge in [0.25, 0.3) is 0 Å². The summed E-state index contributed by atoms with van der Waals surface area (Å²) in [5.41, 5.74) is 0.407. The van der Waals surface area contributed by atoms with Crippen molar-refractivity contribution < 1.29 is 34.8 Å². The van der Waals surface area contributed by atoms with Gasteiger partial charge in [-0.3, -0.25) is 0 Å². The molecule has 0 amide bonds. The zero-order valence-corrected chi connectivity index (χ0v) is 15.0. The van der Waals surface area contributed by atoms with Crippen molar-refractivity contribution in [1.29, 1.82) is 0 Å². The van der Waals surface area contributed by atoms with Crippen LogP contribution in [0.4, 0.5) is 0 Å². The van der Waals surface area contributed by atoms with Crippen molar-refractivity contribution in [2.75, 3.05) is 0 Å². The molecule has 136 valence electrons. The predicted octanol–water partition coefficient (Wildman–Crippen LogP) is 2.61. The quantitative estimate of drug-likeness (QED) is 0.329. The predicted molar refractivity (Wildman–Crippen MR) is 93.3 cm³/mol. The Balaban J connectivity index is 2.53. The maximum absolute atomic E-state index is 11.3. The van der Waals surface area contributed by atoms with Crippen LogP contribution in [-0.4, -0.2) is 30.2 Å². The molecular formula is C16H19O7PS. The van der Waals surface area contributed by atoms with Crippen molar-refractivity contribution in [1.82, 2.24) is 0 Å². The van der Waals surface area contributed by atoms with E-state index < -0.39 is 18.5 Å². The molecule has 0 spiro atoms. The van der Waals surface area contributed by atoms with Crippen LogP contribution in [0.5, 0.6) is 11.5 Å². The fourth-order valence-electron chi connectivity index (χ4n) is 2.67. The van der Waals surface area contributed by atoms with Crippen molar-refractivity contribution >= 4 is 18.2 Å². The van der Waals surface area contributed by atoms with Gasteiger partial charge in [0, 0.05) is 16.4 Å². The molecule has 2 aromatic carbocycles. The van der Waals surface area contributed by atoms with Crippen molar-refractivity contribution in [3.63, 3.8) is 0 Å². The van der Waals surface area contributed by atoms with Gasteiger partial charge in [-0.2, -0.15) is 0 Å². The number of aliphatic hydroxyl groups is 2. The first-order valence-corrected chi connectivity index (χ1v) is 10.4. The highest BCUT2D eigenvalue weighted by molar-refractivity contribution is 8.54. The normalized spacial score (nSPS) is 13.6. The van der Waals surface area contributed by atoms with Gasteiger partial charge in [-0.05, 0) is 53.7 Å². The molecule has 9 heteroatoms. The highest BCUT2D eigenvalue weighted by Crippen LogP contribution is 2.57. The molecule has 0 aromatic heterocycles. The third-order valence-corrected chi connectivity index (χ3v) is 5.84. The summed E-state index contributed by atoms with van der Waals surface area (Å²) >= 11 is 0.141. The van der Waals surface area contributed by atoms with Crippen LogP contribution in [0.15, 0.2) is 47.4 Å². The Labute approximate surface area is 148 Å². The van der Waals surface area contributed by atoms with E-state index in [1.54, 1.807) is 19.1 Å². The van der Waals surface area contributed by atoms with E-state index in [0.717, 1.165) is 6.07 Å². The van der Waals surface area contributed by atoms with Crippen molar-refractivity contribution in [3.8, 4) is 11.5 Å². The van der Waals surface area contributed by atoms with Gasteiger partial charge in [-0.1, -0.05) is 19.1 Å². The zero-order valence-electron chi connectivity index (χ0n) is 13.3. The first-order valence-electron chi connectivity index (χ1n) is 7.37. The molecule has 25 heavy (non-hydrogen) atoms. The van der Waals surface area contributed by atoms with Crippen molar-refractivity contribution in [3.05, 3.63) is 53.6 Å². The number of hydrogen-bond donors (Lipinski definition) is 6. The fourth-order valence-corrected chi connectivity index (χ4v) is 4.63. The second-order valence-corrected chi connectivity index (χ2v) is 9.12. The van der Waals surface area contributed by atoms with E-state index >= 15 is 0 Å². The number of rotatable bonds is 6. The van der Waals surface area contributed by atoms with Crippen LogP contribution in [0.1, 0.15) is 30.4 Å². The number of hydrogen-bond acceptors (Lipinski definition) is 6. The highest BCUT2D eigenvalue weighted by atomic mass is 32.7. The Morgan fingerprint density at radius 2 is 1.60 bits per heavy atom. The molecule has 0 bridgehead atoms. The topological polar surface area (TPSA) is 138 Å². The minimum absolute atomic E-state index is 0.0301. The Morgan fingerprint density at radius 3 is 2.12 bits per heavy atom. The lowest BCUT2D eigenvalue weighted by Gasteiger charge is -2.33. The van der Waals surface area contributed by atoms with Crippen LogP contribution < -0.4 is 0 Å². The summed E-state index contributed by atoms with van der Waals surface area (Å²) in [4.78, 5) is 18.3. The maximum Gasteiger partial charge on any atom is 0.388 e. The van der Waals surface area contributed by atoms with Gasteiger partial charge in [-0.15, -0.1) is 0 Å². The lowest BCUT2D eigenvalue weighted by molar-refractivity contribution is -0.191. The Hall–Kier alpha value is -1.54. The van der Waals surface area contributed by atoms with E-state index in [2.05, 4.69) is 0 Å². The average molecular weight is 386 g/mol. The van der Waals surface area contributed by atoms with Crippen LogP contribution in [0.3, 0.4) is 0 Å². The summed E-state index contributed by atoms with van der Waals surface area (Å²) in [5, 5.41) is 40.5. The highest BCUT2D eigenvalue weighted by Gasteiger charge is 2.39. The lowest BCUT2D eigenvalue weighted by Crippen LogP contribution is -2.33. The Morgan fingerprint density at radius 1 is 1.04 bits per heavy atom. The molecule has 0 aliphatic heterocycles. The minimum atomic E-state index is -4.57. The van der Waals surface area contributed by atoms with Crippen molar-refractivity contribution in [2.24, 2.45) is 0 Å². The molecular weight excluding hydrogens is 367 g/mol. The largest absolute Gasteiger partial charge is 0.508 e. The number of aromatic hydroxyl groups is 2. The molecule has 0 aliphatic carbocycles. The Bertz CT molecular complexity index is 786. The summed E-state index contributed by atoms with van der Waals surface area (Å²) in [6, 6.07) is 9.41. The molecule has 0 saturated heterocycles. The van der Waals surface area contributed by atoms with Crippen LogP contribution in [0, 0.1) is 0 Å². The zero-order chi connectivity index (χ0) is 18.8. The molecule has 2 rings (SSSR count). The van der Waals surface area contributed by atoms with Crippen LogP contribution in [0.25, 0.3) is 0 Å². The summed E-state index contributed by atoms with van der Waals surface area (Å²) in [5.74, 6) is -3.50. The van der Waals surface area contributed by atoms with E-state index in [1.165, 1.54) is 24.3 Å². The number of benzene rings is 2. The lowest BCUT2D eigenvalue weighted by atomic mass is 9.84. The van der Waals surface area contributed by atoms with Gasteiger partial charge in [0.1, 0.15) is 11.5 Å². The second-order valence-electron chi connectivity index (χ2n) is 5.54.